The molecule has 2 N–H and O–H groups in total. The third-order valence-electron chi connectivity index (χ3n) is 3.27. The van der Waals surface area contributed by atoms with Crippen molar-refractivity contribution in [2.24, 2.45) is 0 Å². The highest BCUT2D eigenvalue weighted by molar-refractivity contribution is 5.89. The maximum atomic E-state index is 13.2. The summed E-state index contributed by atoms with van der Waals surface area (Å²) >= 11 is 0. The Bertz CT molecular complexity index is 692. The second-order valence-electron chi connectivity index (χ2n) is 5.08. The molecule has 6 heteroatoms. The van der Waals surface area contributed by atoms with E-state index in [9.17, 15) is 14.0 Å². The maximum absolute atomic E-state index is 13.2. The number of anilines is 1. The van der Waals surface area contributed by atoms with E-state index in [-0.39, 0.29) is 13.0 Å². The molecule has 1 atom stereocenters. The van der Waals surface area contributed by atoms with Gasteiger partial charge in [-0.3, -0.25) is 4.79 Å². The predicted molar refractivity (Wildman–Crippen MR) is 89.0 cm³/mol. The largest absolute Gasteiger partial charge is 0.466 e. The lowest BCUT2D eigenvalue weighted by atomic mass is 10.0. The van der Waals surface area contributed by atoms with Gasteiger partial charge in [-0.2, -0.15) is 0 Å². The lowest BCUT2D eigenvalue weighted by molar-refractivity contribution is -0.143. The van der Waals surface area contributed by atoms with Crippen LogP contribution in [0.15, 0.2) is 54.6 Å². The molecule has 0 saturated heterocycles. The Morgan fingerprint density at radius 2 is 1.88 bits per heavy atom. The van der Waals surface area contributed by atoms with Gasteiger partial charge < -0.3 is 15.4 Å². The number of esters is 1. The fourth-order valence-electron chi connectivity index (χ4n) is 2.22. The molecule has 5 nitrogen and oxygen atoms in total. The van der Waals surface area contributed by atoms with Crippen LogP contribution in [0.3, 0.4) is 0 Å². The Hall–Kier alpha value is -2.89. The second kappa shape index (κ2) is 8.67. The summed E-state index contributed by atoms with van der Waals surface area (Å²) in [6.45, 7) is 2.00. The van der Waals surface area contributed by atoms with Crippen molar-refractivity contribution in [2.75, 3.05) is 11.9 Å². The molecule has 0 bridgehead atoms. The minimum absolute atomic E-state index is 0.00836. The van der Waals surface area contributed by atoms with Gasteiger partial charge in [0.15, 0.2) is 0 Å². The highest BCUT2D eigenvalue weighted by atomic mass is 19.1. The fraction of sp³-hybridized carbons (Fsp3) is 0.222. The van der Waals surface area contributed by atoms with E-state index in [1.54, 1.807) is 13.0 Å². The molecule has 2 amide bonds. The second-order valence-corrected chi connectivity index (χ2v) is 5.08. The van der Waals surface area contributed by atoms with Crippen LogP contribution in [-0.2, 0) is 9.53 Å². The van der Waals surface area contributed by atoms with Crippen LogP contribution in [0.1, 0.15) is 24.9 Å². The number of urea groups is 1. The summed E-state index contributed by atoms with van der Waals surface area (Å²) in [4.78, 5) is 23.9. The summed E-state index contributed by atoms with van der Waals surface area (Å²) in [7, 11) is 0. The van der Waals surface area contributed by atoms with Crippen molar-refractivity contribution in [3.05, 3.63) is 66.0 Å². The maximum Gasteiger partial charge on any atom is 0.319 e. The van der Waals surface area contributed by atoms with Crippen LogP contribution in [-0.4, -0.2) is 18.6 Å². The molecular formula is C18H19FN2O3. The van der Waals surface area contributed by atoms with Gasteiger partial charge in [0.2, 0.25) is 0 Å². The van der Waals surface area contributed by atoms with Gasteiger partial charge in [0.05, 0.1) is 19.1 Å². The summed E-state index contributed by atoms with van der Waals surface area (Å²) in [5.74, 6) is -0.851. The number of ether oxygens (including phenoxy) is 1. The third-order valence-corrected chi connectivity index (χ3v) is 3.27. The van der Waals surface area contributed by atoms with Gasteiger partial charge in [-0.15, -0.1) is 0 Å². The Labute approximate surface area is 139 Å². The summed E-state index contributed by atoms with van der Waals surface area (Å²) in [5, 5.41) is 5.26. The van der Waals surface area contributed by atoms with E-state index in [1.165, 1.54) is 18.2 Å². The number of halogens is 1. The Morgan fingerprint density at radius 3 is 2.54 bits per heavy atom. The minimum Gasteiger partial charge on any atom is -0.466 e. The minimum atomic E-state index is -0.543. The first kappa shape index (κ1) is 17.5. The van der Waals surface area contributed by atoms with E-state index in [2.05, 4.69) is 10.6 Å². The Kier molecular flexibility index (Phi) is 6.31. The van der Waals surface area contributed by atoms with Crippen molar-refractivity contribution < 1.29 is 18.7 Å². The lowest BCUT2D eigenvalue weighted by Crippen LogP contribution is -2.34. The number of hydrogen-bond acceptors (Lipinski definition) is 3. The zero-order valence-electron chi connectivity index (χ0n) is 13.3. The molecule has 0 fully saturated rings. The highest BCUT2D eigenvalue weighted by Gasteiger charge is 2.19. The van der Waals surface area contributed by atoms with E-state index in [0.717, 1.165) is 5.56 Å². The number of benzene rings is 2. The first-order valence-electron chi connectivity index (χ1n) is 7.62. The fourth-order valence-corrected chi connectivity index (χ4v) is 2.22. The van der Waals surface area contributed by atoms with Crippen molar-refractivity contribution in [3.8, 4) is 0 Å². The molecule has 0 saturated carbocycles. The summed E-state index contributed by atoms with van der Waals surface area (Å²) in [5.41, 5.74) is 1.11. The van der Waals surface area contributed by atoms with Crippen LogP contribution in [0.4, 0.5) is 14.9 Å². The van der Waals surface area contributed by atoms with Gasteiger partial charge in [0.25, 0.3) is 0 Å². The van der Waals surface area contributed by atoms with Crippen LogP contribution >= 0.6 is 0 Å². The molecule has 2 aromatic carbocycles. The number of nitrogens with one attached hydrogen (secondary N) is 2. The van der Waals surface area contributed by atoms with Crippen molar-refractivity contribution in [1.82, 2.24) is 5.32 Å². The molecule has 0 aliphatic heterocycles. The highest BCUT2D eigenvalue weighted by Crippen LogP contribution is 2.18. The van der Waals surface area contributed by atoms with E-state index in [0.29, 0.717) is 5.69 Å². The zero-order chi connectivity index (χ0) is 17.4. The smallest absolute Gasteiger partial charge is 0.319 e. The van der Waals surface area contributed by atoms with E-state index in [4.69, 9.17) is 4.74 Å². The molecule has 0 aliphatic carbocycles. The molecule has 0 radical (unpaired) electrons. The number of rotatable bonds is 6. The average molecular weight is 330 g/mol. The van der Waals surface area contributed by atoms with Gasteiger partial charge in [-0.1, -0.05) is 36.4 Å². The monoisotopic (exact) mass is 330 g/mol. The van der Waals surface area contributed by atoms with Crippen molar-refractivity contribution in [2.45, 2.75) is 19.4 Å². The van der Waals surface area contributed by atoms with Crippen LogP contribution in [0.5, 0.6) is 0 Å². The standard InChI is InChI=1S/C18H19FN2O3/c1-2-24-17(22)12-16(13-7-4-3-5-8-13)21-18(23)20-15-10-6-9-14(19)11-15/h3-11,16H,2,12H2,1H3,(H2,20,21,23). The van der Waals surface area contributed by atoms with Crippen LogP contribution in [0, 0.1) is 5.82 Å². The van der Waals surface area contributed by atoms with Crippen molar-refractivity contribution in [3.63, 3.8) is 0 Å². The van der Waals surface area contributed by atoms with E-state index < -0.39 is 23.9 Å². The molecule has 0 spiro atoms. The van der Waals surface area contributed by atoms with E-state index in [1.807, 2.05) is 30.3 Å². The molecule has 0 heterocycles. The molecule has 24 heavy (non-hydrogen) atoms. The normalized spacial score (nSPS) is 11.4. The Morgan fingerprint density at radius 1 is 1.12 bits per heavy atom. The summed E-state index contributed by atoms with van der Waals surface area (Å²) in [6.07, 6.45) is 0.00836. The van der Waals surface area contributed by atoms with Gasteiger partial charge in [-0.25, -0.2) is 9.18 Å². The van der Waals surface area contributed by atoms with E-state index >= 15 is 0 Å². The number of amides is 2. The molecule has 126 valence electrons. The third kappa shape index (κ3) is 5.39. The SMILES string of the molecule is CCOC(=O)CC(NC(=O)Nc1cccc(F)c1)c1ccccc1. The predicted octanol–water partition coefficient (Wildman–Crippen LogP) is 3.64. The van der Waals surface area contributed by atoms with Gasteiger partial charge in [0, 0.05) is 5.69 Å². The topological polar surface area (TPSA) is 67.4 Å². The van der Waals surface area contributed by atoms with Crippen LogP contribution in [0.2, 0.25) is 0 Å². The molecule has 0 aliphatic rings. The van der Waals surface area contributed by atoms with Gasteiger partial charge in [0.1, 0.15) is 5.82 Å². The van der Waals surface area contributed by atoms with Crippen molar-refractivity contribution >= 4 is 17.7 Å². The first-order valence-corrected chi connectivity index (χ1v) is 7.62. The van der Waals surface area contributed by atoms with Crippen molar-refractivity contribution in [1.29, 1.82) is 0 Å². The zero-order valence-corrected chi connectivity index (χ0v) is 13.3. The molecule has 1 unspecified atom stereocenters. The summed E-state index contributed by atoms with van der Waals surface area (Å²) < 4.78 is 18.1. The first-order chi connectivity index (χ1) is 11.6. The molecular weight excluding hydrogens is 311 g/mol. The Balaban J connectivity index is 2.06. The van der Waals surface area contributed by atoms with Gasteiger partial charge >= 0.3 is 12.0 Å². The molecule has 2 aromatic rings. The lowest BCUT2D eigenvalue weighted by Gasteiger charge is -2.19. The average Bonchev–Trinajstić information content (AvgIpc) is 2.55. The summed E-state index contributed by atoms with van der Waals surface area (Å²) in [6, 6.07) is 13.6. The molecule has 2 rings (SSSR count). The number of carbonyl (C=O) groups is 2. The number of carbonyl (C=O) groups excluding carboxylic acids is 2. The van der Waals surface area contributed by atoms with Crippen LogP contribution < -0.4 is 10.6 Å². The molecule has 0 aromatic heterocycles. The quantitative estimate of drug-likeness (QED) is 0.795. The number of hydrogen-bond donors (Lipinski definition) is 2. The van der Waals surface area contributed by atoms with Crippen LogP contribution in [0.25, 0.3) is 0 Å². The van der Waals surface area contributed by atoms with Gasteiger partial charge in [-0.05, 0) is 30.7 Å².